The lowest BCUT2D eigenvalue weighted by Crippen LogP contribution is -2.47. The van der Waals surface area contributed by atoms with Crippen molar-refractivity contribution in [3.8, 4) is 0 Å². The molecule has 0 radical (unpaired) electrons. The fourth-order valence-electron chi connectivity index (χ4n) is 3.84. The third-order valence-electron chi connectivity index (χ3n) is 4.73. The van der Waals surface area contributed by atoms with Gasteiger partial charge in [0.1, 0.15) is 0 Å². The average molecular weight is 259 g/mol. The predicted octanol–water partition coefficient (Wildman–Crippen LogP) is 2.95. The molecule has 0 bridgehead atoms. The van der Waals surface area contributed by atoms with Crippen LogP contribution in [0.25, 0.3) is 0 Å². The first kappa shape index (κ1) is 13.1. The minimum absolute atomic E-state index is 0.480. The largest absolute Gasteiger partial charge is 0.389 e. The maximum Gasteiger partial charge on any atom is 0.0746 e. The van der Waals surface area contributed by atoms with E-state index in [-0.39, 0.29) is 0 Å². The number of hydrogen-bond acceptors (Lipinski definition) is 2. The molecule has 1 aliphatic carbocycles. The van der Waals surface area contributed by atoms with Crippen molar-refractivity contribution in [3.63, 3.8) is 0 Å². The van der Waals surface area contributed by atoms with Crippen LogP contribution < -0.4 is 0 Å². The normalized spacial score (nSPS) is 32.0. The van der Waals surface area contributed by atoms with Crippen molar-refractivity contribution in [1.29, 1.82) is 0 Å². The fraction of sp³-hybridized carbons (Fsp3) is 0.647. The summed E-state index contributed by atoms with van der Waals surface area (Å²) in [5.74, 6) is 0.666. The van der Waals surface area contributed by atoms with Gasteiger partial charge >= 0.3 is 0 Å². The van der Waals surface area contributed by atoms with Crippen molar-refractivity contribution in [2.45, 2.75) is 50.5 Å². The van der Waals surface area contributed by atoms with Crippen LogP contribution in [0.5, 0.6) is 0 Å². The zero-order valence-corrected chi connectivity index (χ0v) is 11.9. The molecule has 2 atom stereocenters. The van der Waals surface area contributed by atoms with Crippen LogP contribution in [0.2, 0.25) is 0 Å². The topological polar surface area (TPSA) is 23.5 Å². The SMILES string of the molecule is CC1(O)CCCN(CC2CCCc3ccccc32)C1. The Kier molecular flexibility index (Phi) is 3.64. The van der Waals surface area contributed by atoms with Crippen LogP contribution in [0.4, 0.5) is 0 Å². The third kappa shape index (κ3) is 3.01. The summed E-state index contributed by atoms with van der Waals surface area (Å²) >= 11 is 0. The number of aliphatic hydroxyl groups is 1. The van der Waals surface area contributed by atoms with Crippen LogP contribution >= 0.6 is 0 Å². The minimum atomic E-state index is -0.480. The highest BCUT2D eigenvalue weighted by atomic mass is 16.3. The Morgan fingerprint density at radius 2 is 2.16 bits per heavy atom. The second-order valence-electron chi connectivity index (χ2n) is 6.62. The van der Waals surface area contributed by atoms with Crippen molar-refractivity contribution in [2.24, 2.45) is 0 Å². The monoisotopic (exact) mass is 259 g/mol. The molecule has 1 N–H and O–H groups in total. The lowest BCUT2D eigenvalue weighted by Gasteiger charge is -2.39. The van der Waals surface area contributed by atoms with Gasteiger partial charge in [0.05, 0.1) is 5.60 Å². The van der Waals surface area contributed by atoms with E-state index in [0.717, 1.165) is 32.5 Å². The molecule has 2 unspecified atom stereocenters. The summed E-state index contributed by atoms with van der Waals surface area (Å²) in [6, 6.07) is 8.92. The van der Waals surface area contributed by atoms with Gasteiger partial charge in [0.25, 0.3) is 0 Å². The van der Waals surface area contributed by atoms with Gasteiger partial charge < -0.3 is 5.11 Å². The Bertz CT molecular complexity index is 441. The molecule has 0 spiro atoms. The molecule has 19 heavy (non-hydrogen) atoms. The number of likely N-dealkylation sites (tertiary alicyclic amines) is 1. The first-order valence-electron chi connectivity index (χ1n) is 7.67. The number of β-amino-alcohol motifs (C(OH)–C–C–N with tert-alkyl or cyclic N) is 1. The van der Waals surface area contributed by atoms with Crippen LogP contribution in [0.3, 0.4) is 0 Å². The highest BCUT2D eigenvalue weighted by Crippen LogP contribution is 2.33. The summed E-state index contributed by atoms with van der Waals surface area (Å²) in [7, 11) is 0. The molecule has 1 aromatic rings. The number of fused-ring (bicyclic) bond motifs is 1. The standard InChI is InChI=1S/C17H25NO/c1-17(19)10-5-11-18(13-17)12-15-8-4-7-14-6-2-3-9-16(14)15/h2-3,6,9,15,19H,4-5,7-8,10-13H2,1H3. The maximum absolute atomic E-state index is 10.2. The number of aryl methyl sites for hydroxylation is 1. The smallest absolute Gasteiger partial charge is 0.0746 e. The lowest BCUT2D eigenvalue weighted by atomic mass is 9.82. The predicted molar refractivity (Wildman–Crippen MR) is 78.4 cm³/mol. The molecule has 0 aromatic heterocycles. The van der Waals surface area contributed by atoms with Gasteiger partial charge in [-0.1, -0.05) is 24.3 Å². The molecular weight excluding hydrogens is 234 g/mol. The molecule has 2 aliphatic rings. The second kappa shape index (κ2) is 5.26. The summed E-state index contributed by atoms with van der Waals surface area (Å²) in [6.45, 7) is 5.08. The van der Waals surface area contributed by atoms with E-state index >= 15 is 0 Å². The molecular formula is C17H25NO. The number of piperidine rings is 1. The molecule has 3 rings (SSSR count). The maximum atomic E-state index is 10.2. The molecule has 1 aromatic carbocycles. The van der Waals surface area contributed by atoms with Crippen molar-refractivity contribution >= 4 is 0 Å². The molecule has 1 heterocycles. The molecule has 0 amide bonds. The molecule has 1 fully saturated rings. The fourth-order valence-corrected chi connectivity index (χ4v) is 3.84. The van der Waals surface area contributed by atoms with Gasteiger partial charge in [0, 0.05) is 13.1 Å². The number of nitrogens with zero attached hydrogens (tertiary/aromatic N) is 1. The van der Waals surface area contributed by atoms with Crippen LogP contribution in [-0.2, 0) is 6.42 Å². The van der Waals surface area contributed by atoms with E-state index in [0.29, 0.717) is 5.92 Å². The number of rotatable bonds is 2. The first-order valence-corrected chi connectivity index (χ1v) is 7.67. The van der Waals surface area contributed by atoms with Crippen LogP contribution in [0.1, 0.15) is 49.7 Å². The van der Waals surface area contributed by atoms with Gasteiger partial charge in [-0.25, -0.2) is 0 Å². The first-order chi connectivity index (χ1) is 9.14. The highest BCUT2D eigenvalue weighted by molar-refractivity contribution is 5.32. The van der Waals surface area contributed by atoms with E-state index in [1.165, 1.54) is 19.3 Å². The summed E-state index contributed by atoms with van der Waals surface area (Å²) < 4.78 is 0. The van der Waals surface area contributed by atoms with Gasteiger partial charge in [0.15, 0.2) is 0 Å². The number of benzene rings is 1. The quantitative estimate of drug-likeness (QED) is 0.882. The molecule has 0 saturated carbocycles. The lowest BCUT2D eigenvalue weighted by molar-refractivity contribution is -0.0175. The van der Waals surface area contributed by atoms with E-state index in [4.69, 9.17) is 0 Å². The van der Waals surface area contributed by atoms with Gasteiger partial charge in [-0.05, 0) is 62.6 Å². The molecule has 2 nitrogen and oxygen atoms in total. The van der Waals surface area contributed by atoms with Crippen LogP contribution in [-0.4, -0.2) is 35.2 Å². The minimum Gasteiger partial charge on any atom is -0.389 e. The van der Waals surface area contributed by atoms with Gasteiger partial charge in [-0.15, -0.1) is 0 Å². The average Bonchev–Trinajstić information content (AvgIpc) is 2.38. The van der Waals surface area contributed by atoms with Crippen LogP contribution in [0, 0.1) is 0 Å². The van der Waals surface area contributed by atoms with Gasteiger partial charge in [-0.3, -0.25) is 4.90 Å². The van der Waals surface area contributed by atoms with Crippen molar-refractivity contribution in [3.05, 3.63) is 35.4 Å². The zero-order valence-electron chi connectivity index (χ0n) is 11.9. The van der Waals surface area contributed by atoms with E-state index in [1.54, 1.807) is 11.1 Å². The van der Waals surface area contributed by atoms with E-state index in [2.05, 4.69) is 29.2 Å². The van der Waals surface area contributed by atoms with Gasteiger partial charge in [0.2, 0.25) is 0 Å². The van der Waals surface area contributed by atoms with Gasteiger partial charge in [-0.2, -0.15) is 0 Å². The Balaban J connectivity index is 1.71. The number of hydrogen-bond donors (Lipinski definition) is 1. The molecule has 1 aliphatic heterocycles. The highest BCUT2D eigenvalue weighted by Gasteiger charge is 2.30. The summed E-state index contributed by atoms with van der Waals surface area (Å²) in [5.41, 5.74) is 2.62. The second-order valence-corrected chi connectivity index (χ2v) is 6.62. The van der Waals surface area contributed by atoms with E-state index < -0.39 is 5.60 Å². The molecule has 2 heteroatoms. The van der Waals surface area contributed by atoms with Crippen molar-refractivity contribution < 1.29 is 5.11 Å². The van der Waals surface area contributed by atoms with Crippen molar-refractivity contribution in [2.75, 3.05) is 19.6 Å². The Hall–Kier alpha value is -0.860. The van der Waals surface area contributed by atoms with Crippen molar-refractivity contribution in [1.82, 2.24) is 4.90 Å². The van der Waals surface area contributed by atoms with E-state index in [1.807, 2.05) is 6.92 Å². The zero-order chi connectivity index (χ0) is 13.3. The summed E-state index contributed by atoms with van der Waals surface area (Å²) in [4.78, 5) is 2.47. The molecule has 104 valence electrons. The Morgan fingerprint density at radius 3 is 3.00 bits per heavy atom. The third-order valence-corrected chi connectivity index (χ3v) is 4.73. The summed E-state index contributed by atoms with van der Waals surface area (Å²) in [5, 5.41) is 10.2. The Morgan fingerprint density at radius 1 is 1.32 bits per heavy atom. The Labute approximate surface area is 116 Å². The van der Waals surface area contributed by atoms with Crippen LogP contribution in [0.15, 0.2) is 24.3 Å². The molecule has 1 saturated heterocycles. The summed E-state index contributed by atoms with van der Waals surface area (Å²) in [6.07, 6.45) is 5.93. The van der Waals surface area contributed by atoms with E-state index in [9.17, 15) is 5.11 Å².